The zero-order chi connectivity index (χ0) is 16.2. The van der Waals surface area contributed by atoms with Crippen molar-refractivity contribution in [3.05, 3.63) is 30.3 Å². The predicted molar refractivity (Wildman–Crippen MR) is 85.7 cm³/mol. The van der Waals surface area contributed by atoms with Crippen molar-refractivity contribution in [2.75, 3.05) is 18.0 Å². The van der Waals surface area contributed by atoms with Gasteiger partial charge in [-0.05, 0) is 25.0 Å². The molecule has 0 spiro atoms. The van der Waals surface area contributed by atoms with Gasteiger partial charge in [-0.2, -0.15) is 0 Å². The average Bonchev–Trinajstić information content (AvgIpc) is 3.27. The lowest BCUT2D eigenvalue weighted by molar-refractivity contribution is -0.126. The summed E-state index contributed by atoms with van der Waals surface area (Å²) in [4.78, 5) is 37.4. The first-order valence-corrected chi connectivity index (χ1v) is 8.06. The maximum atomic E-state index is 12.2. The highest BCUT2D eigenvalue weighted by Gasteiger charge is 2.34. The fourth-order valence-electron chi connectivity index (χ4n) is 2.71. The van der Waals surface area contributed by atoms with E-state index in [1.807, 2.05) is 30.3 Å². The van der Waals surface area contributed by atoms with Crippen LogP contribution in [0.25, 0.3) is 0 Å². The first-order chi connectivity index (χ1) is 11.1. The standard InChI is InChI=1S/C17H21N3O3/c21-15(19-13-6-7-13)8-9-18-17(23)12-10-16(22)20(11-12)14-4-2-1-3-5-14/h1-5,12-13H,6-11H2,(H,18,23)(H,19,21)/t12-/m1/s1. The van der Waals surface area contributed by atoms with Gasteiger partial charge in [0.2, 0.25) is 17.7 Å². The Morgan fingerprint density at radius 3 is 2.61 bits per heavy atom. The summed E-state index contributed by atoms with van der Waals surface area (Å²) in [6, 6.07) is 9.69. The summed E-state index contributed by atoms with van der Waals surface area (Å²) in [5.74, 6) is -0.575. The average molecular weight is 315 g/mol. The van der Waals surface area contributed by atoms with E-state index in [9.17, 15) is 14.4 Å². The van der Waals surface area contributed by atoms with Gasteiger partial charge in [-0.25, -0.2) is 0 Å². The van der Waals surface area contributed by atoms with Gasteiger partial charge in [0, 0.05) is 37.7 Å². The van der Waals surface area contributed by atoms with Gasteiger partial charge < -0.3 is 15.5 Å². The molecule has 0 aromatic heterocycles. The SMILES string of the molecule is O=C(CCNC(=O)[C@@H]1CC(=O)N(c2ccccc2)C1)NC1CC1. The van der Waals surface area contributed by atoms with E-state index in [0.717, 1.165) is 18.5 Å². The molecule has 1 aromatic carbocycles. The van der Waals surface area contributed by atoms with Crippen LogP contribution in [-0.4, -0.2) is 36.9 Å². The molecule has 2 fully saturated rings. The number of nitrogens with one attached hydrogen (secondary N) is 2. The smallest absolute Gasteiger partial charge is 0.227 e. The molecule has 0 bridgehead atoms. The third-order valence-electron chi connectivity index (χ3n) is 4.16. The van der Waals surface area contributed by atoms with Crippen molar-refractivity contribution in [3.63, 3.8) is 0 Å². The number of amides is 3. The van der Waals surface area contributed by atoms with Crippen molar-refractivity contribution < 1.29 is 14.4 Å². The fraction of sp³-hybridized carbons (Fsp3) is 0.471. The molecule has 3 rings (SSSR count). The molecule has 0 radical (unpaired) electrons. The van der Waals surface area contributed by atoms with E-state index < -0.39 is 0 Å². The lowest BCUT2D eigenvalue weighted by Gasteiger charge is -2.16. The lowest BCUT2D eigenvalue weighted by atomic mass is 10.1. The van der Waals surface area contributed by atoms with Crippen LogP contribution in [-0.2, 0) is 14.4 Å². The number of hydrogen-bond acceptors (Lipinski definition) is 3. The largest absolute Gasteiger partial charge is 0.355 e. The van der Waals surface area contributed by atoms with E-state index in [4.69, 9.17) is 0 Å². The van der Waals surface area contributed by atoms with Crippen molar-refractivity contribution in [3.8, 4) is 0 Å². The van der Waals surface area contributed by atoms with Crippen LogP contribution in [0, 0.1) is 5.92 Å². The zero-order valence-corrected chi connectivity index (χ0v) is 13.0. The van der Waals surface area contributed by atoms with Crippen LogP contribution in [0.2, 0.25) is 0 Å². The molecule has 0 unspecified atom stereocenters. The summed E-state index contributed by atoms with van der Waals surface area (Å²) < 4.78 is 0. The first-order valence-electron chi connectivity index (χ1n) is 8.06. The predicted octanol–water partition coefficient (Wildman–Crippen LogP) is 0.824. The van der Waals surface area contributed by atoms with E-state index in [-0.39, 0.29) is 36.5 Å². The van der Waals surface area contributed by atoms with Gasteiger partial charge in [-0.15, -0.1) is 0 Å². The Labute approximate surface area is 135 Å². The van der Waals surface area contributed by atoms with Crippen LogP contribution < -0.4 is 15.5 Å². The highest BCUT2D eigenvalue weighted by molar-refractivity contribution is 6.00. The molecule has 1 aliphatic heterocycles. The van der Waals surface area contributed by atoms with Gasteiger partial charge in [-0.3, -0.25) is 14.4 Å². The Kier molecular flexibility index (Phi) is 4.60. The molecule has 1 saturated carbocycles. The third kappa shape index (κ3) is 4.09. The Hall–Kier alpha value is -2.37. The topological polar surface area (TPSA) is 78.5 Å². The second-order valence-corrected chi connectivity index (χ2v) is 6.12. The van der Waals surface area contributed by atoms with Gasteiger partial charge in [0.1, 0.15) is 0 Å². The molecular formula is C17H21N3O3. The minimum Gasteiger partial charge on any atom is -0.355 e. The number of carbonyl (C=O) groups excluding carboxylic acids is 3. The molecule has 2 aliphatic rings. The second-order valence-electron chi connectivity index (χ2n) is 6.12. The van der Waals surface area contributed by atoms with Crippen molar-refractivity contribution in [1.29, 1.82) is 0 Å². The van der Waals surface area contributed by atoms with Crippen LogP contribution in [0.15, 0.2) is 30.3 Å². The zero-order valence-electron chi connectivity index (χ0n) is 13.0. The summed E-state index contributed by atoms with van der Waals surface area (Å²) >= 11 is 0. The molecule has 1 atom stereocenters. The highest BCUT2D eigenvalue weighted by Crippen LogP contribution is 2.24. The molecule has 1 heterocycles. The van der Waals surface area contributed by atoms with Crippen LogP contribution in [0.3, 0.4) is 0 Å². The minimum absolute atomic E-state index is 0.0267. The molecule has 6 nitrogen and oxygen atoms in total. The van der Waals surface area contributed by atoms with Crippen LogP contribution in [0.1, 0.15) is 25.7 Å². The van der Waals surface area contributed by atoms with E-state index >= 15 is 0 Å². The van der Waals surface area contributed by atoms with Crippen molar-refractivity contribution in [2.45, 2.75) is 31.7 Å². The Morgan fingerprint density at radius 2 is 1.91 bits per heavy atom. The third-order valence-corrected chi connectivity index (χ3v) is 4.16. The maximum Gasteiger partial charge on any atom is 0.227 e. The summed E-state index contributed by atoms with van der Waals surface area (Å²) in [7, 11) is 0. The number of rotatable bonds is 6. The van der Waals surface area contributed by atoms with Crippen LogP contribution in [0.4, 0.5) is 5.69 Å². The van der Waals surface area contributed by atoms with Gasteiger partial charge >= 0.3 is 0 Å². The van der Waals surface area contributed by atoms with E-state index in [1.54, 1.807) is 4.90 Å². The molecule has 1 saturated heterocycles. The number of benzene rings is 1. The van der Waals surface area contributed by atoms with Crippen molar-refractivity contribution >= 4 is 23.4 Å². The maximum absolute atomic E-state index is 12.2. The van der Waals surface area contributed by atoms with Gasteiger partial charge in [0.15, 0.2) is 0 Å². The van der Waals surface area contributed by atoms with Gasteiger partial charge in [0.05, 0.1) is 5.92 Å². The molecule has 122 valence electrons. The van der Waals surface area contributed by atoms with E-state index in [0.29, 0.717) is 19.1 Å². The van der Waals surface area contributed by atoms with E-state index in [2.05, 4.69) is 10.6 Å². The van der Waals surface area contributed by atoms with Gasteiger partial charge in [0.25, 0.3) is 0 Å². The first kappa shape index (κ1) is 15.5. The molecule has 1 aliphatic carbocycles. The van der Waals surface area contributed by atoms with Gasteiger partial charge in [-0.1, -0.05) is 18.2 Å². The second kappa shape index (κ2) is 6.81. The summed E-state index contributed by atoms with van der Waals surface area (Å²) in [6.07, 6.45) is 2.61. The molecule has 23 heavy (non-hydrogen) atoms. The Balaban J connectivity index is 1.45. The number of para-hydroxylation sites is 1. The highest BCUT2D eigenvalue weighted by atomic mass is 16.2. The minimum atomic E-state index is -0.353. The Morgan fingerprint density at radius 1 is 1.17 bits per heavy atom. The molecule has 1 aromatic rings. The Bertz CT molecular complexity index is 598. The van der Waals surface area contributed by atoms with E-state index in [1.165, 1.54) is 0 Å². The molecule has 3 amide bonds. The summed E-state index contributed by atoms with van der Waals surface area (Å²) in [6.45, 7) is 0.705. The number of carbonyl (C=O) groups is 3. The molecule has 6 heteroatoms. The lowest BCUT2D eigenvalue weighted by Crippen LogP contribution is -2.36. The normalized spacial score (nSPS) is 20.4. The van der Waals surface area contributed by atoms with Crippen LogP contribution >= 0.6 is 0 Å². The molecule has 2 N–H and O–H groups in total. The van der Waals surface area contributed by atoms with Crippen LogP contribution in [0.5, 0.6) is 0 Å². The number of hydrogen-bond donors (Lipinski definition) is 2. The van der Waals surface area contributed by atoms with Crippen molar-refractivity contribution in [1.82, 2.24) is 10.6 Å². The number of anilines is 1. The quantitative estimate of drug-likeness (QED) is 0.816. The fourth-order valence-corrected chi connectivity index (χ4v) is 2.71. The monoisotopic (exact) mass is 315 g/mol. The number of nitrogens with zero attached hydrogens (tertiary/aromatic N) is 1. The summed E-state index contributed by atoms with van der Waals surface area (Å²) in [5, 5.41) is 5.64. The summed E-state index contributed by atoms with van der Waals surface area (Å²) in [5.41, 5.74) is 0.816. The van der Waals surface area contributed by atoms with Crippen molar-refractivity contribution in [2.24, 2.45) is 5.92 Å². The molecular weight excluding hydrogens is 294 g/mol.